The van der Waals surface area contributed by atoms with E-state index in [4.69, 9.17) is 4.74 Å². The minimum atomic E-state index is -0.528. The molecule has 5 heteroatoms. The second-order valence-corrected chi connectivity index (χ2v) is 5.19. The van der Waals surface area contributed by atoms with Gasteiger partial charge in [0.25, 0.3) is 0 Å². The van der Waals surface area contributed by atoms with Crippen LogP contribution in [0.25, 0.3) is 0 Å². The zero-order valence-corrected chi connectivity index (χ0v) is 12.5. The van der Waals surface area contributed by atoms with Gasteiger partial charge in [-0.2, -0.15) is 0 Å². The van der Waals surface area contributed by atoms with Crippen molar-refractivity contribution < 1.29 is 14.2 Å². The van der Waals surface area contributed by atoms with E-state index < -0.39 is 6.04 Å². The van der Waals surface area contributed by atoms with Gasteiger partial charge in [-0.15, -0.1) is 0 Å². The molecule has 0 fully saturated rings. The van der Waals surface area contributed by atoms with E-state index in [-0.39, 0.29) is 12.4 Å². The maximum Gasteiger partial charge on any atom is 0.128 e. The van der Waals surface area contributed by atoms with Crippen LogP contribution >= 0.6 is 15.9 Å². The van der Waals surface area contributed by atoms with Crippen molar-refractivity contribution in [1.82, 2.24) is 0 Å². The zero-order chi connectivity index (χ0) is 14.5. The summed E-state index contributed by atoms with van der Waals surface area (Å²) in [6.07, 6.45) is 0. The summed E-state index contributed by atoms with van der Waals surface area (Å²) in [5, 5.41) is 12.6. The number of nitrogens with one attached hydrogen (secondary N) is 1. The number of rotatable bonds is 5. The Kier molecular flexibility index (Phi) is 4.98. The van der Waals surface area contributed by atoms with Gasteiger partial charge >= 0.3 is 0 Å². The average Bonchev–Trinajstić information content (AvgIpc) is 2.47. The fraction of sp³-hybridized carbons (Fsp3) is 0.200. The SMILES string of the molecule is COc1cccc(NC(CO)c2cc(Br)ccc2F)c1. The molecule has 2 N–H and O–H groups in total. The molecule has 0 aliphatic heterocycles. The molecule has 20 heavy (non-hydrogen) atoms. The van der Waals surface area contributed by atoms with E-state index in [1.165, 1.54) is 6.07 Å². The second kappa shape index (κ2) is 6.72. The average molecular weight is 340 g/mol. The van der Waals surface area contributed by atoms with Crippen molar-refractivity contribution in [2.45, 2.75) is 6.04 Å². The molecule has 1 unspecified atom stereocenters. The number of benzene rings is 2. The Morgan fingerprint density at radius 1 is 1.30 bits per heavy atom. The van der Waals surface area contributed by atoms with Crippen LogP contribution < -0.4 is 10.1 Å². The lowest BCUT2D eigenvalue weighted by atomic mass is 10.1. The van der Waals surface area contributed by atoms with Crippen LogP contribution in [0.2, 0.25) is 0 Å². The van der Waals surface area contributed by atoms with Gasteiger partial charge in [-0.3, -0.25) is 0 Å². The maximum atomic E-state index is 13.9. The van der Waals surface area contributed by atoms with Crippen LogP contribution in [0.3, 0.4) is 0 Å². The van der Waals surface area contributed by atoms with Crippen molar-refractivity contribution in [3.8, 4) is 5.75 Å². The smallest absolute Gasteiger partial charge is 0.128 e. The first-order valence-electron chi connectivity index (χ1n) is 6.10. The van der Waals surface area contributed by atoms with Crippen LogP contribution in [0.15, 0.2) is 46.9 Å². The molecule has 106 valence electrons. The summed E-state index contributed by atoms with van der Waals surface area (Å²) in [7, 11) is 1.58. The Hall–Kier alpha value is -1.59. The van der Waals surface area contributed by atoms with Crippen LogP contribution in [-0.4, -0.2) is 18.8 Å². The quantitative estimate of drug-likeness (QED) is 0.871. The normalized spacial score (nSPS) is 12.0. The van der Waals surface area contributed by atoms with Crippen LogP contribution in [0.4, 0.5) is 10.1 Å². The highest BCUT2D eigenvalue weighted by atomic mass is 79.9. The Morgan fingerprint density at radius 2 is 2.10 bits per heavy atom. The molecule has 0 aromatic heterocycles. The highest BCUT2D eigenvalue weighted by Crippen LogP contribution is 2.26. The van der Waals surface area contributed by atoms with E-state index in [1.54, 1.807) is 25.3 Å². The Labute approximate surface area is 125 Å². The zero-order valence-electron chi connectivity index (χ0n) is 10.9. The minimum absolute atomic E-state index is 0.218. The lowest BCUT2D eigenvalue weighted by molar-refractivity contribution is 0.274. The molecular weight excluding hydrogens is 325 g/mol. The molecule has 0 amide bonds. The number of anilines is 1. The van der Waals surface area contributed by atoms with Crippen molar-refractivity contribution in [2.75, 3.05) is 19.0 Å². The molecule has 0 aliphatic carbocycles. The van der Waals surface area contributed by atoms with Crippen LogP contribution in [0.1, 0.15) is 11.6 Å². The van der Waals surface area contributed by atoms with Crippen molar-refractivity contribution in [2.24, 2.45) is 0 Å². The molecule has 0 spiro atoms. The largest absolute Gasteiger partial charge is 0.497 e. The number of halogens is 2. The molecular formula is C15H15BrFNO2. The number of aliphatic hydroxyl groups excluding tert-OH is 1. The summed E-state index contributed by atoms with van der Waals surface area (Å²) in [6.45, 7) is -0.218. The molecule has 2 aromatic carbocycles. The van der Waals surface area contributed by atoms with Gasteiger partial charge in [-0.25, -0.2) is 4.39 Å². The van der Waals surface area contributed by atoms with Gasteiger partial charge in [0.05, 0.1) is 19.8 Å². The van der Waals surface area contributed by atoms with Gasteiger partial charge in [-0.05, 0) is 30.3 Å². The molecule has 2 rings (SSSR count). The number of hydrogen-bond donors (Lipinski definition) is 2. The molecule has 0 saturated heterocycles. The van der Waals surface area contributed by atoms with Crippen molar-refractivity contribution >= 4 is 21.6 Å². The summed E-state index contributed by atoms with van der Waals surface area (Å²) < 4.78 is 19.8. The van der Waals surface area contributed by atoms with E-state index in [9.17, 15) is 9.50 Å². The molecule has 1 atom stereocenters. The maximum absolute atomic E-state index is 13.9. The van der Waals surface area contributed by atoms with Crippen molar-refractivity contribution in [3.05, 3.63) is 58.3 Å². The van der Waals surface area contributed by atoms with Crippen LogP contribution in [-0.2, 0) is 0 Å². The van der Waals surface area contributed by atoms with E-state index in [0.717, 1.165) is 10.2 Å². The lowest BCUT2D eigenvalue weighted by Crippen LogP contribution is -2.16. The third-order valence-corrected chi connectivity index (χ3v) is 3.42. The summed E-state index contributed by atoms with van der Waals surface area (Å²) in [4.78, 5) is 0. The van der Waals surface area contributed by atoms with Gasteiger partial charge in [0, 0.05) is 21.8 Å². The molecule has 0 saturated carbocycles. The summed E-state index contributed by atoms with van der Waals surface area (Å²) in [5.41, 5.74) is 1.16. The molecule has 0 bridgehead atoms. The van der Waals surface area contributed by atoms with E-state index in [0.29, 0.717) is 11.3 Å². The predicted molar refractivity (Wildman–Crippen MR) is 80.5 cm³/mol. The third-order valence-electron chi connectivity index (χ3n) is 2.93. The van der Waals surface area contributed by atoms with E-state index in [1.807, 2.05) is 18.2 Å². The van der Waals surface area contributed by atoms with E-state index in [2.05, 4.69) is 21.2 Å². The van der Waals surface area contributed by atoms with Gasteiger partial charge in [0.2, 0.25) is 0 Å². The number of ether oxygens (including phenoxy) is 1. The molecule has 0 radical (unpaired) electrons. The third kappa shape index (κ3) is 3.49. The highest BCUT2D eigenvalue weighted by molar-refractivity contribution is 9.10. The summed E-state index contributed by atoms with van der Waals surface area (Å²) in [5.74, 6) is 0.337. The number of hydrogen-bond acceptors (Lipinski definition) is 3. The molecule has 2 aromatic rings. The first kappa shape index (κ1) is 14.8. The van der Waals surface area contributed by atoms with Crippen LogP contribution in [0.5, 0.6) is 5.75 Å². The first-order valence-corrected chi connectivity index (χ1v) is 6.89. The molecule has 3 nitrogen and oxygen atoms in total. The number of methoxy groups -OCH3 is 1. The van der Waals surface area contributed by atoms with Crippen molar-refractivity contribution in [3.63, 3.8) is 0 Å². The topological polar surface area (TPSA) is 41.5 Å². The summed E-state index contributed by atoms with van der Waals surface area (Å²) >= 11 is 3.31. The van der Waals surface area contributed by atoms with Gasteiger partial charge in [0.15, 0.2) is 0 Å². The monoisotopic (exact) mass is 339 g/mol. The molecule has 0 aliphatic rings. The minimum Gasteiger partial charge on any atom is -0.497 e. The van der Waals surface area contributed by atoms with Gasteiger partial charge in [-0.1, -0.05) is 22.0 Å². The lowest BCUT2D eigenvalue weighted by Gasteiger charge is -2.19. The van der Waals surface area contributed by atoms with Gasteiger partial charge in [0.1, 0.15) is 11.6 Å². The number of aliphatic hydroxyl groups is 1. The standard InChI is InChI=1S/C15H15BrFNO2/c1-20-12-4-2-3-11(8-12)18-15(9-19)13-7-10(16)5-6-14(13)17/h2-8,15,18-19H,9H2,1H3. The Morgan fingerprint density at radius 3 is 2.80 bits per heavy atom. The highest BCUT2D eigenvalue weighted by Gasteiger charge is 2.15. The van der Waals surface area contributed by atoms with Crippen LogP contribution in [0, 0.1) is 5.82 Å². The Bertz CT molecular complexity index is 592. The fourth-order valence-corrected chi connectivity index (χ4v) is 2.30. The second-order valence-electron chi connectivity index (χ2n) is 4.28. The fourth-order valence-electron chi connectivity index (χ4n) is 1.92. The summed E-state index contributed by atoms with van der Waals surface area (Å²) in [6, 6.07) is 11.4. The van der Waals surface area contributed by atoms with E-state index >= 15 is 0 Å². The Balaban J connectivity index is 2.26. The molecule has 0 heterocycles. The first-order chi connectivity index (χ1) is 9.63. The predicted octanol–water partition coefficient (Wildman–Crippen LogP) is 3.74. The van der Waals surface area contributed by atoms with Gasteiger partial charge < -0.3 is 15.2 Å². The van der Waals surface area contributed by atoms with Crippen molar-refractivity contribution in [1.29, 1.82) is 0 Å².